The van der Waals surface area contributed by atoms with Crippen LogP contribution in [0, 0.1) is 5.92 Å². The van der Waals surface area contributed by atoms with E-state index in [4.69, 9.17) is 4.74 Å². The highest BCUT2D eigenvalue weighted by Crippen LogP contribution is 2.33. The van der Waals surface area contributed by atoms with Gasteiger partial charge in [0.15, 0.2) is 0 Å². The number of para-hydroxylation sites is 1. The number of aromatic nitrogens is 2. The minimum Gasteiger partial charge on any atom is -0.444 e. The quantitative estimate of drug-likeness (QED) is 0.326. The minimum absolute atomic E-state index is 0.00325. The topological polar surface area (TPSA) is 120 Å². The Labute approximate surface area is 259 Å². The Morgan fingerprint density at radius 3 is 2.52 bits per heavy atom. The van der Waals surface area contributed by atoms with E-state index in [1.165, 1.54) is 0 Å². The van der Waals surface area contributed by atoms with Gasteiger partial charge < -0.3 is 19.9 Å². The van der Waals surface area contributed by atoms with E-state index in [-0.39, 0.29) is 23.8 Å². The Morgan fingerprint density at radius 2 is 1.84 bits per heavy atom. The van der Waals surface area contributed by atoms with Crippen LogP contribution in [0.2, 0.25) is 0 Å². The molecule has 0 spiro atoms. The number of anilines is 1. The van der Waals surface area contributed by atoms with Gasteiger partial charge in [0.25, 0.3) is 5.91 Å². The molecule has 10 heteroatoms. The van der Waals surface area contributed by atoms with Crippen LogP contribution >= 0.6 is 0 Å². The van der Waals surface area contributed by atoms with Crippen molar-refractivity contribution in [2.45, 2.75) is 72.1 Å². The van der Waals surface area contributed by atoms with Crippen molar-refractivity contribution in [3.8, 4) is 0 Å². The second kappa shape index (κ2) is 13.2. The van der Waals surface area contributed by atoms with Crippen LogP contribution in [0.25, 0.3) is 16.5 Å². The fraction of sp³-hybridized carbons (Fsp3) is 0.471. The van der Waals surface area contributed by atoms with Crippen molar-refractivity contribution in [1.82, 2.24) is 25.1 Å². The number of likely N-dealkylation sites (tertiary alicyclic amines) is 1. The number of pyridine rings is 1. The van der Waals surface area contributed by atoms with Gasteiger partial charge in [-0.1, -0.05) is 24.3 Å². The molecule has 0 bridgehead atoms. The van der Waals surface area contributed by atoms with Gasteiger partial charge in [-0.2, -0.15) is 0 Å². The summed E-state index contributed by atoms with van der Waals surface area (Å²) in [5.41, 5.74) is 4.03. The number of hydrogen-bond acceptors (Lipinski definition) is 6. The SMILES string of the molecule is CC(C)NC(=O)c1[nH]c2ccccc2c1C1=CCN(C(=O)C2CCN(Cc3ccnc(NC(=O)OC(C)(C)C)c3)CC2)CC1. The lowest BCUT2D eigenvalue weighted by Gasteiger charge is -2.35. The maximum absolute atomic E-state index is 13.5. The van der Waals surface area contributed by atoms with Gasteiger partial charge in [-0.05, 0) is 96.3 Å². The van der Waals surface area contributed by atoms with Crippen LogP contribution < -0.4 is 10.6 Å². The summed E-state index contributed by atoms with van der Waals surface area (Å²) in [6.07, 6.45) is 5.59. The highest BCUT2D eigenvalue weighted by atomic mass is 16.6. The molecule has 4 heterocycles. The zero-order valence-corrected chi connectivity index (χ0v) is 26.4. The number of amides is 3. The van der Waals surface area contributed by atoms with Crippen molar-refractivity contribution < 1.29 is 19.1 Å². The predicted octanol–water partition coefficient (Wildman–Crippen LogP) is 5.58. The number of rotatable bonds is 7. The molecule has 5 rings (SSSR count). The first-order valence-electron chi connectivity index (χ1n) is 15.5. The van der Waals surface area contributed by atoms with Gasteiger partial charge in [0.05, 0.1) is 0 Å². The summed E-state index contributed by atoms with van der Waals surface area (Å²) in [5, 5.41) is 6.75. The smallest absolute Gasteiger partial charge is 0.413 e. The molecule has 2 aromatic heterocycles. The van der Waals surface area contributed by atoms with Crippen LogP contribution in [0.15, 0.2) is 48.7 Å². The molecule has 3 aromatic rings. The molecule has 1 saturated heterocycles. The molecular weight excluding hydrogens is 556 g/mol. The number of benzene rings is 1. The van der Waals surface area contributed by atoms with Crippen LogP contribution in [0.4, 0.5) is 10.6 Å². The molecule has 2 aliphatic heterocycles. The van der Waals surface area contributed by atoms with E-state index in [9.17, 15) is 14.4 Å². The van der Waals surface area contributed by atoms with Gasteiger partial charge in [-0.25, -0.2) is 9.78 Å². The number of carbonyl (C=O) groups excluding carboxylic acids is 3. The van der Waals surface area contributed by atoms with Gasteiger partial charge in [0.1, 0.15) is 17.1 Å². The number of carbonyl (C=O) groups is 3. The molecule has 1 fully saturated rings. The van der Waals surface area contributed by atoms with E-state index < -0.39 is 11.7 Å². The number of piperidine rings is 1. The van der Waals surface area contributed by atoms with Gasteiger partial charge in [-0.15, -0.1) is 0 Å². The highest BCUT2D eigenvalue weighted by Gasteiger charge is 2.31. The fourth-order valence-electron chi connectivity index (χ4n) is 5.98. The number of H-pyrrole nitrogens is 1. The standard InChI is InChI=1S/C34H44N6O4/c1-22(2)36-31(41)30-29(26-8-6-7-9-27(26)37-30)24-13-18-40(19-14-24)32(42)25-11-16-39(17-12-25)21-23-10-15-35-28(20-23)38-33(43)44-34(3,4)5/h6-10,13,15,20,22,25,37H,11-12,14,16-19,21H2,1-5H3,(H,36,41)(H,35,38,43). The summed E-state index contributed by atoms with van der Waals surface area (Å²) >= 11 is 0. The Kier molecular flexibility index (Phi) is 9.39. The zero-order chi connectivity index (χ0) is 31.4. The van der Waals surface area contributed by atoms with Crippen LogP contribution in [-0.4, -0.2) is 75.5 Å². The van der Waals surface area contributed by atoms with E-state index in [1.54, 1.807) is 6.20 Å². The van der Waals surface area contributed by atoms with Crippen molar-refractivity contribution in [2.75, 3.05) is 31.5 Å². The summed E-state index contributed by atoms with van der Waals surface area (Å²) < 4.78 is 5.33. The van der Waals surface area contributed by atoms with Gasteiger partial charge >= 0.3 is 6.09 Å². The third kappa shape index (κ3) is 7.66. The molecule has 0 saturated carbocycles. The van der Waals surface area contributed by atoms with Crippen LogP contribution in [-0.2, 0) is 16.1 Å². The largest absolute Gasteiger partial charge is 0.444 e. The van der Waals surface area contributed by atoms with Crippen molar-refractivity contribution in [3.63, 3.8) is 0 Å². The molecule has 0 unspecified atom stereocenters. The van der Waals surface area contributed by atoms with E-state index in [0.717, 1.165) is 60.1 Å². The Bertz CT molecular complexity index is 1540. The first-order chi connectivity index (χ1) is 21.0. The number of nitrogens with zero attached hydrogens (tertiary/aromatic N) is 3. The molecule has 0 radical (unpaired) electrons. The van der Waals surface area contributed by atoms with Gasteiger partial charge in [-0.3, -0.25) is 19.8 Å². The van der Waals surface area contributed by atoms with Crippen molar-refractivity contribution in [1.29, 1.82) is 0 Å². The monoisotopic (exact) mass is 600 g/mol. The molecule has 3 amide bonds. The first-order valence-corrected chi connectivity index (χ1v) is 15.5. The van der Waals surface area contributed by atoms with Crippen molar-refractivity contribution >= 4 is 40.2 Å². The summed E-state index contributed by atoms with van der Waals surface area (Å²) in [4.78, 5) is 50.6. The number of fused-ring (bicyclic) bond motifs is 1. The Balaban J connectivity index is 1.17. The van der Waals surface area contributed by atoms with E-state index in [0.29, 0.717) is 31.0 Å². The van der Waals surface area contributed by atoms with E-state index in [2.05, 4.69) is 31.6 Å². The third-order valence-electron chi connectivity index (χ3n) is 7.99. The Morgan fingerprint density at radius 1 is 1.09 bits per heavy atom. The minimum atomic E-state index is -0.581. The molecule has 0 atom stereocenters. The summed E-state index contributed by atoms with van der Waals surface area (Å²) in [7, 11) is 0. The van der Waals surface area contributed by atoms with Crippen LogP contribution in [0.1, 0.15) is 75.5 Å². The van der Waals surface area contributed by atoms with Crippen molar-refractivity contribution in [3.05, 3.63) is 65.5 Å². The fourth-order valence-corrected chi connectivity index (χ4v) is 5.98. The maximum Gasteiger partial charge on any atom is 0.413 e. The number of ether oxygens (including phenoxy) is 1. The Hall–Kier alpha value is -4.18. The van der Waals surface area contributed by atoms with Crippen LogP contribution in [0.3, 0.4) is 0 Å². The zero-order valence-electron chi connectivity index (χ0n) is 26.4. The lowest BCUT2D eigenvalue weighted by molar-refractivity contribution is -0.136. The third-order valence-corrected chi connectivity index (χ3v) is 7.99. The molecule has 10 nitrogen and oxygen atoms in total. The molecule has 44 heavy (non-hydrogen) atoms. The number of hydrogen-bond donors (Lipinski definition) is 3. The average Bonchev–Trinajstić information content (AvgIpc) is 3.36. The molecule has 1 aromatic carbocycles. The van der Waals surface area contributed by atoms with Crippen molar-refractivity contribution in [2.24, 2.45) is 5.92 Å². The molecular formula is C34H44N6O4. The summed E-state index contributed by atoms with van der Waals surface area (Å²) in [5.74, 6) is 0.562. The molecule has 3 N–H and O–H groups in total. The average molecular weight is 601 g/mol. The maximum atomic E-state index is 13.5. The number of nitrogens with one attached hydrogen (secondary N) is 3. The van der Waals surface area contributed by atoms with Gasteiger partial charge in [0, 0.05) is 54.3 Å². The lowest BCUT2D eigenvalue weighted by Crippen LogP contribution is -2.43. The van der Waals surface area contributed by atoms with Crippen LogP contribution in [0.5, 0.6) is 0 Å². The second-order valence-electron chi connectivity index (χ2n) is 13.0. The normalized spacial score (nSPS) is 16.6. The lowest BCUT2D eigenvalue weighted by atomic mass is 9.92. The molecule has 234 valence electrons. The predicted molar refractivity (Wildman–Crippen MR) is 172 cm³/mol. The summed E-state index contributed by atoms with van der Waals surface area (Å²) in [6.45, 7) is 12.9. The first kappa shape index (κ1) is 31.3. The van der Waals surface area contributed by atoms with E-state index in [1.807, 2.05) is 75.9 Å². The van der Waals surface area contributed by atoms with E-state index >= 15 is 0 Å². The summed E-state index contributed by atoms with van der Waals surface area (Å²) in [6, 6.07) is 11.8. The second-order valence-corrected chi connectivity index (χ2v) is 13.0. The number of aromatic amines is 1. The molecule has 2 aliphatic rings. The van der Waals surface area contributed by atoms with Gasteiger partial charge in [0.2, 0.25) is 5.91 Å². The molecule has 0 aliphatic carbocycles. The highest BCUT2D eigenvalue weighted by molar-refractivity contribution is 6.07.